The average molecular weight is 781 g/mol. The Balaban J connectivity index is 1.04. The summed E-state index contributed by atoms with van der Waals surface area (Å²) in [6.45, 7) is 12.1. The number of ether oxygens (including phenoxy) is 1. The largest absolute Gasteiger partial charge is 0.442 e. The van der Waals surface area contributed by atoms with Crippen LogP contribution in [0, 0.1) is 12.8 Å². The minimum atomic E-state index is -0.758. The van der Waals surface area contributed by atoms with Crippen LogP contribution >= 0.6 is 0 Å². The van der Waals surface area contributed by atoms with Crippen molar-refractivity contribution >= 4 is 39.7 Å². The van der Waals surface area contributed by atoms with Crippen molar-refractivity contribution in [1.29, 1.82) is 0 Å². The number of aryl methyl sites for hydroxylation is 1. The van der Waals surface area contributed by atoms with E-state index in [0.29, 0.717) is 51.5 Å². The molecule has 2 aromatic heterocycles. The smallest absolute Gasteiger partial charge is 0.318 e. The van der Waals surface area contributed by atoms with Crippen LogP contribution in [-0.4, -0.2) is 124 Å². The summed E-state index contributed by atoms with van der Waals surface area (Å²) in [7, 11) is 2.17. The van der Waals surface area contributed by atoms with Crippen molar-refractivity contribution in [3.8, 4) is 0 Å². The number of aromatic amines is 1. The van der Waals surface area contributed by atoms with Crippen molar-refractivity contribution in [2.24, 2.45) is 5.92 Å². The average Bonchev–Trinajstić information content (AvgIpc) is 3.64. The number of carbonyl (C=O) groups excluding carboxylic acids is 3. The maximum atomic E-state index is 14.4. The van der Waals surface area contributed by atoms with E-state index in [1.165, 1.54) is 0 Å². The molecule has 13 nitrogen and oxygen atoms in total. The second kappa shape index (κ2) is 18.2. The molecule has 2 aromatic carbocycles. The molecule has 57 heavy (non-hydrogen) atoms. The number of H-pyrrole nitrogens is 1. The van der Waals surface area contributed by atoms with Crippen LogP contribution in [0.3, 0.4) is 0 Å². The number of aromatic nitrogens is 3. The number of benzene rings is 2. The molecule has 2 N–H and O–H groups in total. The number of nitrogens with zero attached hydrogens (tertiary/aromatic N) is 6. The molecular formula is C44H60N8O5. The highest BCUT2D eigenvalue weighted by molar-refractivity contribution is 5.88. The van der Waals surface area contributed by atoms with E-state index in [0.717, 1.165) is 96.8 Å². The van der Waals surface area contributed by atoms with E-state index in [1.807, 2.05) is 61.2 Å². The zero-order valence-corrected chi connectivity index (χ0v) is 34.2. The van der Waals surface area contributed by atoms with Gasteiger partial charge >= 0.3 is 12.0 Å². The molecule has 0 spiro atoms. The first-order chi connectivity index (χ1) is 27.6. The van der Waals surface area contributed by atoms with Crippen LogP contribution in [0.15, 0.2) is 53.5 Å². The molecule has 3 aliphatic rings. The lowest BCUT2D eigenvalue weighted by Gasteiger charge is -2.43. The third-order valence-electron chi connectivity index (χ3n) is 12.6. The fourth-order valence-electron chi connectivity index (χ4n) is 9.06. The molecule has 7 rings (SSSR count). The number of para-hydroxylation sites is 1. The van der Waals surface area contributed by atoms with Gasteiger partial charge in [0.05, 0.1) is 17.6 Å². The molecule has 4 aromatic rings. The Bertz CT molecular complexity index is 2090. The summed E-state index contributed by atoms with van der Waals surface area (Å²) in [5, 5.41) is 9.59. The summed E-state index contributed by atoms with van der Waals surface area (Å²) in [5.41, 5.74) is 4.24. The normalized spacial score (nSPS) is 18.9. The Hall–Kier alpha value is -4.75. The maximum Gasteiger partial charge on any atom is 0.318 e. The standard InChI is InChI=1S/C44H60N8O5/c1-5-6-9-30(2)43(55)57-29-52-40-31(3)24-32(25-35(40)28-45-52)26-39(42(54)50-22-20-49(21-23-50)36-14-16-48(4)17-15-36)47-44(56)51-18-12-33(13-19-51)37-27-34-10-7-8-11-38(34)46-41(37)53/h7-8,10-11,24-25,27-28,30,33,36,39H,5-6,9,12-23,26,29H2,1-4H3,(H,46,53)(H,47,56). The number of hydrogen-bond donors (Lipinski definition) is 2. The van der Waals surface area contributed by atoms with Crippen LogP contribution in [0.25, 0.3) is 21.8 Å². The number of nitrogens with one attached hydrogen (secondary N) is 2. The summed E-state index contributed by atoms with van der Waals surface area (Å²) in [6, 6.07) is 13.4. The lowest BCUT2D eigenvalue weighted by atomic mass is 9.89. The summed E-state index contributed by atoms with van der Waals surface area (Å²) < 4.78 is 7.36. The van der Waals surface area contributed by atoms with Gasteiger partial charge in [-0.25, -0.2) is 9.48 Å². The topological polar surface area (TPSA) is 136 Å². The lowest BCUT2D eigenvalue weighted by Crippen LogP contribution is -2.59. The van der Waals surface area contributed by atoms with Crippen molar-refractivity contribution < 1.29 is 19.1 Å². The summed E-state index contributed by atoms with van der Waals surface area (Å²) in [4.78, 5) is 65.7. The van der Waals surface area contributed by atoms with Gasteiger partial charge in [-0.1, -0.05) is 51.0 Å². The van der Waals surface area contributed by atoms with Gasteiger partial charge in [-0.05, 0) is 99.8 Å². The highest BCUT2D eigenvalue weighted by Crippen LogP contribution is 2.28. The molecule has 0 aliphatic carbocycles. The molecule has 306 valence electrons. The number of hydrogen-bond acceptors (Lipinski definition) is 8. The molecule has 3 amide bonds. The molecule has 3 fully saturated rings. The van der Waals surface area contributed by atoms with E-state index in [9.17, 15) is 19.2 Å². The third-order valence-corrected chi connectivity index (χ3v) is 12.6. The van der Waals surface area contributed by atoms with Crippen molar-refractivity contribution in [2.45, 2.75) is 96.9 Å². The highest BCUT2D eigenvalue weighted by atomic mass is 16.5. The van der Waals surface area contributed by atoms with Crippen LogP contribution in [0.5, 0.6) is 0 Å². The quantitative estimate of drug-likeness (QED) is 0.186. The van der Waals surface area contributed by atoms with E-state index in [-0.39, 0.29) is 42.0 Å². The molecule has 3 saturated heterocycles. The van der Waals surface area contributed by atoms with Gasteiger partial charge in [-0.15, -0.1) is 0 Å². The molecule has 0 radical (unpaired) electrons. The van der Waals surface area contributed by atoms with Crippen molar-refractivity contribution in [2.75, 3.05) is 59.4 Å². The Morgan fingerprint density at radius 1 is 0.930 bits per heavy atom. The zero-order chi connectivity index (χ0) is 40.1. The van der Waals surface area contributed by atoms with Gasteiger partial charge in [0.25, 0.3) is 5.56 Å². The number of amides is 3. The first-order valence-corrected chi connectivity index (χ1v) is 21.1. The minimum Gasteiger partial charge on any atom is -0.442 e. The fourth-order valence-corrected chi connectivity index (χ4v) is 9.06. The van der Waals surface area contributed by atoms with Gasteiger partial charge in [0.15, 0.2) is 6.73 Å². The number of rotatable bonds is 12. The summed E-state index contributed by atoms with van der Waals surface area (Å²) >= 11 is 0. The van der Waals surface area contributed by atoms with E-state index in [1.54, 1.807) is 15.8 Å². The molecule has 0 saturated carbocycles. The first kappa shape index (κ1) is 40.4. The van der Waals surface area contributed by atoms with Crippen LogP contribution in [0.4, 0.5) is 4.79 Å². The van der Waals surface area contributed by atoms with Gasteiger partial charge in [-0.2, -0.15) is 5.10 Å². The third kappa shape index (κ3) is 9.52. The van der Waals surface area contributed by atoms with Crippen LogP contribution in [-0.2, 0) is 27.5 Å². The number of likely N-dealkylation sites (tertiary alicyclic amines) is 2. The van der Waals surface area contributed by atoms with Crippen LogP contribution < -0.4 is 10.9 Å². The molecule has 2 atom stereocenters. The van der Waals surface area contributed by atoms with Crippen LogP contribution in [0.1, 0.15) is 81.4 Å². The van der Waals surface area contributed by atoms with Gasteiger partial charge < -0.3 is 29.7 Å². The monoisotopic (exact) mass is 780 g/mol. The van der Waals surface area contributed by atoms with E-state index in [2.05, 4.69) is 39.2 Å². The number of esters is 1. The number of fused-ring (bicyclic) bond motifs is 2. The van der Waals surface area contributed by atoms with Crippen molar-refractivity contribution in [3.63, 3.8) is 0 Å². The highest BCUT2D eigenvalue weighted by Gasteiger charge is 2.34. The van der Waals surface area contributed by atoms with E-state index < -0.39 is 6.04 Å². The number of urea groups is 1. The van der Waals surface area contributed by atoms with E-state index >= 15 is 0 Å². The number of unbranched alkanes of at least 4 members (excludes halogenated alkanes) is 1. The first-order valence-electron chi connectivity index (χ1n) is 21.1. The predicted octanol–water partition coefficient (Wildman–Crippen LogP) is 5.25. The Labute approximate surface area is 335 Å². The Morgan fingerprint density at radius 3 is 2.40 bits per heavy atom. The molecule has 0 bridgehead atoms. The minimum absolute atomic E-state index is 0.0334. The van der Waals surface area contributed by atoms with Gasteiger partial charge in [0.1, 0.15) is 6.04 Å². The second-order valence-electron chi connectivity index (χ2n) is 16.6. The van der Waals surface area contributed by atoms with E-state index in [4.69, 9.17) is 4.74 Å². The predicted molar refractivity (Wildman–Crippen MR) is 222 cm³/mol. The van der Waals surface area contributed by atoms with Gasteiger partial charge in [0, 0.05) is 68.2 Å². The number of carbonyl (C=O) groups is 3. The molecule has 13 heteroatoms. The summed E-state index contributed by atoms with van der Waals surface area (Å²) in [6.07, 6.45) is 8.53. The maximum absolute atomic E-state index is 14.4. The molecule has 5 heterocycles. The van der Waals surface area contributed by atoms with Crippen molar-refractivity contribution in [1.82, 2.24) is 39.7 Å². The Morgan fingerprint density at radius 2 is 1.67 bits per heavy atom. The fraction of sp³-hybridized carbons (Fsp3) is 0.568. The Kier molecular flexibility index (Phi) is 12.9. The SMILES string of the molecule is CCCCC(C)C(=O)OCn1ncc2cc(CC(NC(=O)N3CCC(c4cc5ccccc5[nH]c4=O)CC3)C(=O)N3CCN(C4CCN(C)CC4)CC3)cc(C)c21. The van der Waals surface area contributed by atoms with Gasteiger partial charge in [-0.3, -0.25) is 19.3 Å². The zero-order valence-electron chi connectivity index (χ0n) is 34.2. The van der Waals surface area contributed by atoms with Gasteiger partial charge in [0.2, 0.25) is 5.91 Å². The summed E-state index contributed by atoms with van der Waals surface area (Å²) in [5.74, 6) is -0.412. The van der Waals surface area contributed by atoms with Crippen molar-refractivity contribution in [3.05, 3.63) is 75.7 Å². The number of piperidine rings is 2. The number of pyridine rings is 1. The second-order valence-corrected chi connectivity index (χ2v) is 16.6. The molecule has 2 unspecified atom stereocenters. The lowest BCUT2D eigenvalue weighted by molar-refractivity contribution is -0.152. The molecule has 3 aliphatic heterocycles. The van der Waals surface area contributed by atoms with Crippen LogP contribution in [0.2, 0.25) is 0 Å². The number of piperazine rings is 1. The molecular weight excluding hydrogens is 721 g/mol.